The lowest BCUT2D eigenvalue weighted by Gasteiger charge is -2.28. The maximum atomic E-state index is 2.40. The first kappa shape index (κ1) is 31.1. The molecule has 1 heterocycles. The largest absolute Gasteiger partial charge is 0.310 e. The van der Waals surface area contributed by atoms with Crippen LogP contribution in [0.2, 0.25) is 0 Å². The van der Waals surface area contributed by atoms with Crippen LogP contribution in [0, 0.1) is 0 Å². The normalized spacial score (nSPS) is 12.9. The second-order valence-electron chi connectivity index (χ2n) is 14.6. The summed E-state index contributed by atoms with van der Waals surface area (Å²) in [4.78, 5) is 2.38. The predicted octanol–water partition coefficient (Wildman–Crippen LogP) is 13.9. The molecule has 0 saturated heterocycles. The van der Waals surface area contributed by atoms with E-state index in [0.29, 0.717) is 0 Å². The van der Waals surface area contributed by atoms with Crippen LogP contribution in [0.5, 0.6) is 0 Å². The van der Waals surface area contributed by atoms with Gasteiger partial charge in [0.05, 0.1) is 11.0 Å². The molecule has 10 rings (SSSR count). The van der Waals surface area contributed by atoms with Crippen LogP contribution in [-0.2, 0) is 5.41 Å². The fourth-order valence-electron chi connectivity index (χ4n) is 8.53. The van der Waals surface area contributed by atoms with Crippen LogP contribution in [0.1, 0.15) is 25.0 Å². The lowest BCUT2D eigenvalue weighted by Crippen LogP contribution is -2.16. The molecule has 8 aromatic carbocycles. The topological polar surface area (TPSA) is 8.17 Å². The first-order valence-electron chi connectivity index (χ1n) is 18.4. The number of fused-ring (bicyclic) bond motifs is 6. The zero-order chi connectivity index (χ0) is 35.5. The van der Waals surface area contributed by atoms with Crippen molar-refractivity contribution in [2.45, 2.75) is 19.3 Å². The van der Waals surface area contributed by atoms with Gasteiger partial charge in [0.15, 0.2) is 0 Å². The number of hydrogen-bond donors (Lipinski definition) is 0. The van der Waals surface area contributed by atoms with E-state index in [-0.39, 0.29) is 5.41 Å². The van der Waals surface area contributed by atoms with Gasteiger partial charge in [-0.2, -0.15) is 0 Å². The second kappa shape index (κ2) is 12.3. The van der Waals surface area contributed by atoms with Gasteiger partial charge in [0.2, 0.25) is 0 Å². The third-order valence-corrected chi connectivity index (χ3v) is 11.2. The molecule has 0 bridgehead atoms. The minimum Gasteiger partial charge on any atom is -0.310 e. The molecule has 0 fully saturated rings. The zero-order valence-corrected chi connectivity index (χ0v) is 29.9. The maximum Gasteiger partial charge on any atom is 0.0541 e. The third-order valence-electron chi connectivity index (χ3n) is 11.2. The first-order chi connectivity index (χ1) is 26.0. The molecular weight excluding hydrogens is 641 g/mol. The van der Waals surface area contributed by atoms with Crippen LogP contribution in [0.25, 0.3) is 60.9 Å². The Morgan fingerprint density at radius 2 is 0.868 bits per heavy atom. The van der Waals surface area contributed by atoms with Crippen LogP contribution >= 0.6 is 0 Å². The van der Waals surface area contributed by atoms with Crippen LogP contribution in [0.15, 0.2) is 194 Å². The standard InChI is InChI=1S/C51H38N2/c1-51(2)47-21-13-12-20-43(47)44-29-28-42(34-48(44)51)52(39-16-8-4-9-17-39)41-26-22-36(23-27-41)38-25-31-50-46(33-38)45-32-37(35-14-6-3-7-15-35)24-30-49(45)53(50)40-18-10-5-11-19-40/h3-34H,1-2H3. The lowest BCUT2D eigenvalue weighted by atomic mass is 9.82. The summed E-state index contributed by atoms with van der Waals surface area (Å²) in [5.41, 5.74) is 17.2. The van der Waals surface area contributed by atoms with Gasteiger partial charge in [0.1, 0.15) is 0 Å². The Hall–Kier alpha value is -6.64. The van der Waals surface area contributed by atoms with Gasteiger partial charge >= 0.3 is 0 Å². The lowest BCUT2D eigenvalue weighted by molar-refractivity contribution is 0.660. The predicted molar refractivity (Wildman–Crippen MR) is 224 cm³/mol. The molecule has 1 aromatic heterocycles. The van der Waals surface area contributed by atoms with Crippen molar-refractivity contribution in [3.63, 3.8) is 0 Å². The van der Waals surface area contributed by atoms with Gasteiger partial charge in [-0.3, -0.25) is 0 Å². The Labute approximate surface area is 310 Å². The number of nitrogens with zero attached hydrogens (tertiary/aromatic N) is 2. The number of rotatable bonds is 6. The van der Waals surface area contributed by atoms with Crippen molar-refractivity contribution in [1.29, 1.82) is 0 Å². The molecule has 0 amide bonds. The third kappa shape index (κ3) is 5.10. The monoisotopic (exact) mass is 678 g/mol. The van der Waals surface area contributed by atoms with Gasteiger partial charge in [0, 0.05) is 38.9 Å². The molecule has 9 aromatic rings. The van der Waals surface area contributed by atoms with Crippen molar-refractivity contribution in [2.24, 2.45) is 0 Å². The summed E-state index contributed by atoms with van der Waals surface area (Å²) in [7, 11) is 0. The molecule has 0 radical (unpaired) electrons. The Bertz CT molecular complexity index is 2780. The fraction of sp³-hybridized carbons (Fsp3) is 0.0588. The molecule has 0 saturated carbocycles. The Morgan fingerprint density at radius 1 is 0.377 bits per heavy atom. The van der Waals surface area contributed by atoms with Crippen molar-refractivity contribution in [2.75, 3.05) is 4.90 Å². The number of benzene rings is 8. The average Bonchev–Trinajstić information content (AvgIpc) is 3.66. The van der Waals surface area contributed by atoms with E-state index in [0.717, 1.165) is 22.7 Å². The molecule has 2 heteroatoms. The Balaban J connectivity index is 1.08. The van der Waals surface area contributed by atoms with E-state index >= 15 is 0 Å². The summed E-state index contributed by atoms with van der Waals surface area (Å²) >= 11 is 0. The molecule has 1 aliphatic carbocycles. The highest BCUT2D eigenvalue weighted by Gasteiger charge is 2.35. The molecule has 0 atom stereocenters. The van der Waals surface area contributed by atoms with Gasteiger partial charge in [-0.05, 0) is 117 Å². The Kier molecular flexibility index (Phi) is 7.19. The SMILES string of the molecule is CC1(C)c2ccccc2-c2ccc(N(c3ccccc3)c3ccc(-c4ccc5c(c4)c4cc(-c6ccccc6)ccc4n5-c4ccccc4)cc3)cc21. The van der Waals surface area contributed by atoms with Gasteiger partial charge in [-0.25, -0.2) is 0 Å². The molecule has 1 aliphatic rings. The molecular formula is C51H38N2. The van der Waals surface area contributed by atoms with E-state index in [1.165, 1.54) is 66.3 Å². The van der Waals surface area contributed by atoms with E-state index in [9.17, 15) is 0 Å². The van der Waals surface area contributed by atoms with Crippen molar-refractivity contribution >= 4 is 38.9 Å². The van der Waals surface area contributed by atoms with E-state index in [1.807, 2.05) is 0 Å². The molecule has 0 unspecified atom stereocenters. The molecule has 252 valence electrons. The highest BCUT2D eigenvalue weighted by Crippen LogP contribution is 2.50. The quantitative estimate of drug-likeness (QED) is 0.170. The van der Waals surface area contributed by atoms with Gasteiger partial charge < -0.3 is 9.47 Å². The molecule has 0 aliphatic heterocycles. The average molecular weight is 679 g/mol. The first-order valence-corrected chi connectivity index (χ1v) is 18.4. The van der Waals surface area contributed by atoms with Gasteiger partial charge in [0.25, 0.3) is 0 Å². The number of hydrogen-bond acceptors (Lipinski definition) is 1. The smallest absolute Gasteiger partial charge is 0.0541 e. The summed E-state index contributed by atoms with van der Waals surface area (Å²) in [6.45, 7) is 4.69. The molecule has 2 nitrogen and oxygen atoms in total. The number of aromatic nitrogens is 1. The summed E-state index contributed by atoms with van der Waals surface area (Å²) in [6.07, 6.45) is 0. The van der Waals surface area contributed by atoms with E-state index in [1.54, 1.807) is 0 Å². The fourth-order valence-corrected chi connectivity index (χ4v) is 8.53. The van der Waals surface area contributed by atoms with Crippen LogP contribution in [-0.4, -0.2) is 4.57 Å². The highest BCUT2D eigenvalue weighted by atomic mass is 15.1. The maximum absolute atomic E-state index is 2.40. The van der Waals surface area contributed by atoms with Crippen LogP contribution in [0.4, 0.5) is 17.1 Å². The van der Waals surface area contributed by atoms with Gasteiger partial charge in [-0.1, -0.05) is 135 Å². The van der Waals surface area contributed by atoms with Crippen LogP contribution in [0.3, 0.4) is 0 Å². The summed E-state index contributed by atoms with van der Waals surface area (Å²) in [5, 5.41) is 2.50. The van der Waals surface area contributed by atoms with E-state index in [4.69, 9.17) is 0 Å². The summed E-state index contributed by atoms with van der Waals surface area (Å²) in [6, 6.07) is 70.8. The zero-order valence-electron chi connectivity index (χ0n) is 29.9. The van der Waals surface area contributed by atoms with E-state index < -0.39 is 0 Å². The van der Waals surface area contributed by atoms with Crippen LogP contribution < -0.4 is 4.90 Å². The minimum absolute atomic E-state index is 0.0711. The van der Waals surface area contributed by atoms with Crippen molar-refractivity contribution in [3.05, 3.63) is 205 Å². The summed E-state index contributed by atoms with van der Waals surface area (Å²) in [5.74, 6) is 0. The van der Waals surface area contributed by atoms with Gasteiger partial charge in [-0.15, -0.1) is 0 Å². The summed E-state index contributed by atoms with van der Waals surface area (Å²) < 4.78 is 2.39. The van der Waals surface area contributed by atoms with E-state index in [2.05, 4.69) is 217 Å². The van der Waals surface area contributed by atoms with Crippen molar-refractivity contribution in [3.8, 4) is 39.1 Å². The number of para-hydroxylation sites is 2. The highest BCUT2D eigenvalue weighted by molar-refractivity contribution is 6.11. The van der Waals surface area contributed by atoms with Crippen molar-refractivity contribution < 1.29 is 0 Å². The minimum atomic E-state index is -0.0711. The van der Waals surface area contributed by atoms with Crippen molar-refractivity contribution in [1.82, 2.24) is 4.57 Å². The molecule has 53 heavy (non-hydrogen) atoms. The molecule has 0 spiro atoms. The Morgan fingerprint density at radius 3 is 1.53 bits per heavy atom. The molecule has 0 N–H and O–H groups in total. The second-order valence-corrected chi connectivity index (χ2v) is 14.6. The number of anilines is 3.